The van der Waals surface area contributed by atoms with E-state index in [4.69, 9.17) is 4.74 Å². The molecule has 6 heteroatoms. The largest absolute Gasteiger partial charge is 0.455 e. The molecule has 0 saturated heterocycles. The fourth-order valence-corrected chi connectivity index (χ4v) is 3.73. The summed E-state index contributed by atoms with van der Waals surface area (Å²) in [6.07, 6.45) is 1.70. The van der Waals surface area contributed by atoms with Crippen LogP contribution in [0.15, 0.2) is 83.9 Å². The average Bonchev–Trinajstić information content (AvgIpc) is 2.76. The number of carbonyl (C=O) groups is 2. The number of carbonyl (C=O) groups excluding carboxylic acids is 2. The van der Waals surface area contributed by atoms with Gasteiger partial charge in [0.05, 0.1) is 17.0 Å². The van der Waals surface area contributed by atoms with Gasteiger partial charge in [-0.15, -0.1) is 11.8 Å². The van der Waals surface area contributed by atoms with Gasteiger partial charge >= 0.3 is 5.97 Å². The number of esters is 1. The van der Waals surface area contributed by atoms with E-state index >= 15 is 0 Å². The van der Waals surface area contributed by atoms with E-state index in [2.05, 4.69) is 10.3 Å². The summed E-state index contributed by atoms with van der Waals surface area (Å²) < 4.78 is 5.11. The first-order valence-electron chi connectivity index (χ1n) is 9.10. The van der Waals surface area contributed by atoms with Gasteiger partial charge in [0.15, 0.2) is 6.61 Å². The molecule has 4 aromatic rings. The number of nitrogens with zero attached hydrogens (tertiary/aromatic N) is 1. The van der Waals surface area contributed by atoms with Gasteiger partial charge in [0, 0.05) is 16.5 Å². The molecule has 0 spiro atoms. The quantitative estimate of drug-likeness (QED) is 0.375. The number of anilines is 1. The molecule has 1 heterocycles. The minimum atomic E-state index is -0.433. The molecule has 0 unspecified atom stereocenters. The normalized spacial score (nSPS) is 10.8. The highest BCUT2D eigenvalue weighted by atomic mass is 32.2. The highest BCUT2D eigenvalue weighted by Crippen LogP contribution is 2.24. The van der Waals surface area contributed by atoms with E-state index in [0.29, 0.717) is 5.69 Å². The van der Waals surface area contributed by atoms with Crippen LogP contribution in [0.2, 0.25) is 0 Å². The number of rotatable bonds is 6. The molecule has 5 nitrogen and oxygen atoms in total. The number of hydrogen-bond donors (Lipinski definition) is 1. The Hall–Kier alpha value is -3.38. The minimum absolute atomic E-state index is 0.143. The number of amides is 1. The maximum Gasteiger partial charge on any atom is 0.316 e. The van der Waals surface area contributed by atoms with E-state index in [1.165, 1.54) is 11.8 Å². The lowest BCUT2D eigenvalue weighted by atomic mass is 10.1. The number of fused-ring (bicyclic) bond motifs is 2. The van der Waals surface area contributed by atoms with Crippen LogP contribution >= 0.6 is 11.8 Å². The van der Waals surface area contributed by atoms with Crippen LogP contribution in [0.1, 0.15) is 0 Å². The lowest BCUT2D eigenvalue weighted by molar-refractivity contribution is -0.144. The molecule has 1 amide bonds. The lowest BCUT2D eigenvalue weighted by Crippen LogP contribution is -2.21. The Morgan fingerprint density at radius 3 is 2.69 bits per heavy atom. The first kappa shape index (κ1) is 19.0. The van der Waals surface area contributed by atoms with Crippen LogP contribution in [0.5, 0.6) is 0 Å². The van der Waals surface area contributed by atoms with Gasteiger partial charge in [-0.2, -0.15) is 0 Å². The zero-order valence-electron chi connectivity index (χ0n) is 15.5. The molecule has 0 aliphatic rings. The van der Waals surface area contributed by atoms with Crippen LogP contribution < -0.4 is 5.32 Å². The molecule has 0 atom stereocenters. The molecule has 0 saturated carbocycles. The highest BCUT2D eigenvalue weighted by molar-refractivity contribution is 8.00. The van der Waals surface area contributed by atoms with E-state index in [9.17, 15) is 9.59 Å². The molecule has 0 fully saturated rings. The molecule has 0 aliphatic heterocycles. The summed E-state index contributed by atoms with van der Waals surface area (Å²) in [5.41, 5.74) is 1.43. The fourth-order valence-electron chi connectivity index (χ4n) is 2.99. The monoisotopic (exact) mass is 402 g/mol. The first-order valence-corrected chi connectivity index (χ1v) is 10.1. The Morgan fingerprint density at radius 2 is 1.79 bits per heavy atom. The maximum atomic E-state index is 12.2. The molecule has 1 aromatic heterocycles. The van der Waals surface area contributed by atoms with Crippen molar-refractivity contribution >= 4 is 51.0 Å². The summed E-state index contributed by atoms with van der Waals surface area (Å²) in [5.74, 6) is -0.674. The third-order valence-corrected chi connectivity index (χ3v) is 5.33. The molecule has 4 rings (SSSR count). The van der Waals surface area contributed by atoms with Crippen molar-refractivity contribution in [2.24, 2.45) is 0 Å². The number of benzene rings is 3. The molecule has 3 aromatic carbocycles. The Morgan fingerprint density at radius 1 is 0.931 bits per heavy atom. The number of hydrogen-bond acceptors (Lipinski definition) is 5. The van der Waals surface area contributed by atoms with Crippen LogP contribution in [0.25, 0.3) is 21.7 Å². The smallest absolute Gasteiger partial charge is 0.316 e. The predicted octanol–water partition coefficient (Wildman–Crippen LogP) is 4.66. The molecule has 29 heavy (non-hydrogen) atoms. The van der Waals surface area contributed by atoms with Crippen LogP contribution in [-0.4, -0.2) is 29.2 Å². The summed E-state index contributed by atoms with van der Waals surface area (Å²) in [4.78, 5) is 29.4. The maximum absolute atomic E-state index is 12.2. The van der Waals surface area contributed by atoms with E-state index < -0.39 is 5.97 Å². The molecular weight excluding hydrogens is 384 g/mol. The minimum Gasteiger partial charge on any atom is -0.455 e. The van der Waals surface area contributed by atoms with Crippen molar-refractivity contribution in [2.75, 3.05) is 17.7 Å². The summed E-state index contributed by atoms with van der Waals surface area (Å²) in [5, 5.41) is 5.88. The zero-order valence-corrected chi connectivity index (χ0v) is 16.3. The van der Waals surface area contributed by atoms with Crippen LogP contribution in [0, 0.1) is 0 Å². The topological polar surface area (TPSA) is 68.3 Å². The highest BCUT2D eigenvalue weighted by Gasteiger charge is 2.10. The van der Waals surface area contributed by atoms with E-state index in [0.717, 1.165) is 26.6 Å². The second-order valence-corrected chi connectivity index (χ2v) is 7.43. The number of aromatic nitrogens is 1. The van der Waals surface area contributed by atoms with E-state index in [-0.39, 0.29) is 18.3 Å². The molecule has 1 N–H and O–H groups in total. The summed E-state index contributed by atoms with van der Waals surface area (Å²) in [6.45, 7) is -0.326. The van der Waals surface area contributed by atoms with E-state index in [1.807, 2.05) is 66.7 Å². The SMILES string of the molecule is O=C(COC(=O)CSc1ccc2ccccc2c1)Nc1cccc2ncccc12. The molecule has 0 radical (unpaired) electrons. The van der Waals surface area contributed by atoms with Crippen LogP contribution in [-0.2, 0) is 14.3 Å². The van der Waals surface area contributed by atoms with Gasteiger partial charge in [0.2, 0.25) is 0 Å². The fraction of sp³-hybridized carbons (Fsp3) is 0.0870. The summed E-state index contributed by atoms with van der Waals surface area (Å²) >= 11 is 1.39. The Balaban J connectivity index is 1.29. The predicted molar refractivity (Wildman–Crippen MR) is 116 cm³/mol. The van der Waals surface area contributed by atoms with Gasteiger partial charge in [-0.05, 0) is 47.2 Å². The van der Waals surface area contributed by atoms with Crippen molar-refractivity contribution in [1.82, 2.24) is 4.98 Å². The number of nitrogens with one attached hydrogen (secondary N) is 1. The Labute approximate surface area is 172 Å². The van der Waals surface area contributed by atoms with Gasteiger partial charge in [-0.25, -0.2) is 0 Å². The first-order chi connectivity index (χ1) is 14.2. The molecular formula is C23H18N2O3S. The third kappa shape index (κ3) is 4.73. The van der Waals surface area contributed by atoms with Gasteiger partial charge in [-0.3, -0.25) is 14.6 Å². The van der Waals surface area contributed by atoms with Crippen molar-refractivity contribution < 1.29 is 14.3 Å². The molecule has 144 valence electrons. The van der Waals surface area contributed by atoms with Crippen LogP contribution in [0.3, 0.4) is 0 Å². The van der Waals surface area contributed by atoms with Gasteiger partial charge in [-0.1, -0.05) is 36.4 Å². The number of pyridine rings is 1. The van der Waals surface area contributed by atoms with Crippen molar-refractivity contribution in [3.8, 4) is 0 Å². The van der Waals surface area contributed by atoms with Gasteiger partial charge in [0.25, 0.3) is 5.91 Å². The third-order valence-electron chi connectivity index (χ3n) is 4.36. The lowest BCUT2D eigenvalue weighted by Gasteiger charge is -2.09. The van der Waals surface area contributed by atoms with Gasteiger partial charge < -0.3 is 10.1 Å². The van der Waals surface area contributed by atoms with E-state index in [1.54, 1.807) is 12.3 Å². The average molecular weight is 402 g/mol. The van der Waals surface area contributed by atoms with Crippen molar-refractivity contribution in [2.45, 2.75) is 4.90 Å². The number of ether oxygens (including phenoxy) is 1. The molecule has 0 bridgehead atoms. The summed E-state index contributed by atoms with van der Waals surface area (Å²) in [6, 6.07) is 23.2. The van der Waals surface area contributed by atoms with Gasteiger partial charge in [0.1, 0.15) is 0 Å². The van der Waals surface area contributed by atoms with Crippen molar-refractivity contribution in [1.29, 1.82) is 0 Å². The number of thioether (sulfide) groups is 1. The standard InChI is InChI=1S/C23H18N2O3S/c26-22(25-21-9-3-8-20-19(21)7-4-12-24-20)14-28-23(27)15-29-18-11-10-16-5-1-2-6-17(16)13-18/h1-13H,14-15H2,(H,25,26). The Kier molecular flexibility index (Phi) is 5.72. The molecule has 0 aliphatic carbocycles. The zero-order chi connectivity index (χ0) is 20.1. The summed E-state index contributed by atoms with van der Waals surface area (Å²) in [7, 11) is 0. The second kappa shape index (κ2) is 8.75. The van der Waals surface area contributed by atoms with Crippen molar-refractivity contribution in [3.63, 3.8) is 0 Å². The van der Waals surface area contributed by atoms with Crippen LogP contribution in [0.4, 0.5) is 5.69 Å². The Bertz CT molecular complexity index is 1190. The van der Waals surface area contributed by atoms with Crippen molar-refractivity contribution in [3.05, 3.63) is 79.0 Å². The second-order valence-electron chi connectivity index (χ2n) is 6.38.